The Morgan fingerprint density at radius 2 is 1.82 bits per heavy atom. The summed E-state index contributed by atoms with van der Waals surface area (Å²) in [6.07, 6.45) is 0.0121. The second kappa shape index (κ2) is 7.50. The molecule has 1 aliphatic heterocycles. The zero-order chi connectivity index (χ0) is 22.7. The number of nitrogens with zero attached hydrogens (tertiary/aromatic N) is 5. The average Bonchev–Trinajstić information content (AvgIpc) is 3.42. The molecule has 33 heavy (non-hydrogen) atoms. The van der Waals surface area contributed by atoms with Gasteiger partial charge in [0.25, 0.3) is 0 Å². The van der Waals surface area contributed by atoms with E-state index in [1.807, 2.05) is 12.1 Å². The summed E-state index contributed by atoms with van der Waals surface area (Å²) < 4.78 is 43.8. The summed E-state index contributed by atoms with van der Waals surface area (Å²) in [4.78, 5) is 6.18. The maximum absolute atomic E-state index is 14.1. The van der Waals surface area contributed by atoms with Gasteiger partial charge in [0.2, 0.25) is 0 Å². The molecule has 0 amide bonds. The number of nitrogens with two attached hydrogens (primary N) is 1. The van der Waals surface area contributed by atoms with Crippen molar-refractivity contribution < 1.29 is 13.2 Å². The monoisotopic (exact) mass is 452 g/mol. The predicted octanol–water partition coefficient (Wildman–Crippen LogP) is 4.46. The second-order valence-corrected chi connectivity index (χ2v) is 9.12. The lowest BCUT2D eigenvalue weighted by Crippen LogP contribution is -2.38. The fourth-order valence-electron chi connectivity index (χ4n) is 4.83. The Morgan fingerprint density at radius 3 is 2.55 bits per heavy atom. The van der Waals surface area contributed by atoms with Gasteiger partial charge in [0.15, 0.2) is 11.5 Å². The number of alkyl halides is 3. The third-order valence-corrected chi connectivity index (χ3v) is 6.67. The average molecular weight is 452 g/mol. The lowest BCUT2D eigenvalue weighted by Gasteiger charge is -2.30. The van der Waals surface area contributed by atoms with Crippen LogP contribution in [0, 0.1) is 0 Å². The number of halogens is 3. The molecule has 0 radical (unpaired) electrons. The van der Waals surface area contributed by atoms with E-state index in [0.29, 0.717) is 36.0 Å². The van der Waals surface area contributed by atoms with Crippen molar-refractivity contribution in [2.45, 2.75) is 43.4 Å². The molecule has 1 aromatic carbocycles. The maximum atomic E-state index is 14.1. The van der Waals surface area contributed by atoms with Crippen LogP contribution in [0.4, 0.5) is 13.2 Å². The highest BCUT2D eigenvalue weighted by atomic mass is 19.4. The molecule has 2 fully saturated rings. The van der Waals surface area contributed by atoms with Crippen LogP contribution in [0.15, 0.2) is 48.7 Å². The number of fused-ring (bicyclic) bond motifs is 2. The third kappa shape index (κ3) is 3.75. The minimum Gasteiger partial charge on any atom is -0.326 e. The van der Waals surface area contributed by atoms with Gasteiger partial charge in [0.1, 0.15) is 11.7 Å². The van der Waals surface area contributed by atoms with Crippen LogP contribution in [0.25, 0.3) is 28.1 Å². The van der Waals surface area contributed by atoms with Crippen molar-refractivity contribution in [1.29, 1.82) is 0 Å². The fraction of sp³-hybridized carbons (Fsp3) is 0.375. The zero-order valence-corrected chi connectivity index (χ0v) is 17.8. The number of hydrogen-bond acceptors (Lipinski definition) is 5. The summed E-state index contributed by atoms with van der Waals surface area (Å²) in [7, 11) is 0. The van der Waals surface area contributed by atoms with Crippen LogP contribution in [-0.2, 0) is 0 Å². The molecule has 6 rings (SSSR count). The van der Waals surface area contributed by atoms with Crippen LogP contribution in [-0.4, -0.2) is 49.8 Å². The Balaban J connectivity index is 1.43. The molecule has 1 aliphatic carbocycles. The summed E-state index contributed by atoms with van der Waals surface area (Å²) in [5, 5.41) is 9.43. The van der Waals surface area contributed by atoms with Gasteiger partial charge in [-0.15, -0.1) is 10.2 Å². The molecule has 9 heteroatoms. The van der Waals surface area contributed by atoms with Crippen molar-refractivity contribution in [3.05, 3.63) is 59.8 Å². The first kappa shape index (κ1) is 20.6. The molecule has 2 atom stereocenters. The summed E-state index contributed by atoms with van der Waals surface area (Å²) in [5.41, 5.74) is 9.21. The number of hydrogen-bond donors (Lipinski definition) is 1. The van der Waals surface area contributed by atoms with E-state index in [0.717, 1.165) is 10.9 Å². The smallest absolute Gasteiger partial charge is 0.326 e. The first-order chi connectivity index (χ1) is 15.9. The summed E-state index contributed by atoms with van der Waals surface area (Å²) in [5.74, 6) is 1.03. The molecule has 2 N–H and O–H groups in total. The van der Waals surface area contributed by atoms with Crippen LogP contribution < -0.4 is 5.73 Å². The number of rotatable bonds is 4. The van der Waals surface area contributed by atoms with Gasteiger partial charge in [0.05, 0.1) is 5.52 Å². The van der Waals surface area contributed by atoms with Crippen molar-refractivity contribution in [3.63, 3.8) is 0 Å². The Morgan fingerprint density at radius 1 is 1.00 bits per heavy atom. The lowest BCUT2D eigenvalue weighted by atomic mass is 10.1. The molecule has 1 saturated heterocycles. The summed E-state index contributed by atoms with van der Waals surface area (Å²) in [6.45, 7) is 0.529. The van der Waals surface area contributed by atoms with Crippen LogP contribution in [0.3, 0.4) is 0 Å². The lowest BCUT2D eigenvalue weighted by molar-refractivity contribution is -0.183. The molecule has 1 saturated carbocycles. The molecule has 2 aliphatic rings. The van der Waals surface area contributed by atoms with Gasteiger partial charge in [-0.05, 0) is 54.5 Å². The van der Waals surface area contributed by atoms with Crippen molar-refractivity contribution in [1.82, 2.24) is 24.5 Å². The predicted molar refractivity (Wildman–Crippen MR) is 119 cm³/mol. The number of aromatic nitrogens is 4. The normalized spacial score (nSPS) is 20.7. The standard InChI is InChI=1S/C24H23F3N6/c25-24(26,27)22(32-10-9-18(28)13-32)17-6-8-21-30-31-23(33(21)12-17)19-7-5-15-3-4-16(14-1-2-14)11-20(15)29-19/h3-8,11-12,14,18,22H,1-2,9-10,13,28H2/t18?,22-/m1/s1. The number of pyridine rings is 2. The van der Waals surface area contributed by atoms with Gasteiger partial charge >= 0.3 is 6.18 Å². The number of likely N-dealkylation sites (tertiary alicyclic amines) is 1. The molecule has 4 aromatic rings. The first-order valence-electron chi connectivity index (χ1n) is 11.2. The SMILES string of the molecule is NC1CCN([C@H](c2ccc3nnc(-c4ccc5ccc(C6CC6)cc5n4)n3c2)C(F)(F)F)C1. The summed E-state index contributed by atoms with van der Waals surface area (Å²) in [6, 6.07) is 11.2. The molecule has 170 valence electrons. The Labute approximate surface area is 188 Å². The van der Waals surface area contributed by atoms with Gasteiger partial charge in [0, 0.05) is 30.7 Å². The highest BCUT2D eigenvalue weighted by Gasteiger charge is 2.46. The van der Waals surface area contributed by atoms with Crippen LogP contribution in [0.2, 0.25) is 0 Å². The van der Waals surface area contributed by atoms with E-state index in [2.05, 4.69) is 28.4 Å². The molecule has 1 unspecified atom stereocenters. The van der Waals surface area contributed by atoms with Crippen molar-refractivity contribution in [2.75, 3.05) is 13.1 Å². The molecule has 4 heterocycles. The van der Waals surface area contributed by atoms with Crippen LogP contribution >= 0.6 is 0 Å². The van der Waals surface area contributed by atoms with Gasteiger partial charge in [-0.25, -0.2) is 4.98 Å². The third-order valence-electron chi connectivity index (χ3n) is 6.67. The van der Waals surface area contributed by atoms with E-state index in [9.17, 15) is 13.2 Å². The van der Waals surface area contributed by atoms with Gasteiger partial charge in [-0.1, -0.05) is 24.3 Å². The van der Waals surface area contributed by atoms with Crippen molar-refractivity contribution in [3.8, 4) is 11.5 Å². The Hall–Kier alpha value is -3.04. The van der Waals surface area contributed by atoms with E-state index >= 15 is 0 Å². The largest absolute Gasteiger partial charge is 0.408 e. The topological polar surface area (TPSA) is 72.3 Å². The zero-order valence-electron chi connectivity index (χ0n) is 17.8. The minimum absolute atomic E-state index is 0.141. The first-order valence-corrected chi connectivity index (χ1v) is 11.2. The maximum Gasteiger partial charge on any atom is 0.408 e. The van der Waals surface area contributed by atoms with E-state index in [1.165, 1.54) is 35.6 Å². The Kier molecular flexibility index (Phi) is 4.67. The molecule has 6 nitrogen and oxygen atoms in total. The highest BCUT2D eigenvalue weighted by Crippen LogP contribution is 2.41. The van der Waals surface area contributed by atoms with Gasteiger partial charge in [-0.2, -0.15) is 13.2 Å². The van der Waals surface area contributed by atoms with E-state index in [1.54, 1.807) is 10.5 Å². The van der Waals surface area contributed by atoms with Gasteiger partial charge in [-0.3, -0.25) is 9.30 Å². The second-order valence-electron chi connectivity index (χ2n) is 9.12. The van der Waals surface area contributed by atoms with E-state index in [-0.39, 0.29) is 18.2 Å². The Bertz CT molecular complexity index is 1340. The molecule has 0 bridgehead atoms. The molecular weight excluding hydrogens is 429 g/mol. The fourth-order valence-corrected chi connectivity index (χ4v) is 4.83. The number of benzene rings is 1. The molecule has 0 spiro atoms. The quantitative estimate of drug-likeness (QED) is 0.495. The van der Waals surface area contributed by atoms with E-state index in [4.69, 9.17) is 10.7 Å². The van der Waals surface area contributed by atoms with Crippen molar-refractivity contribution in [2.24, 2.45) is 5.73 Å². The summed E-state index contributed by atoms with van der Waals surface area (Å²) >= 11 is 0. The van der Waals surface area contributed by atoms with Crippen molar-refractivity contribution >= 4 is 16.6 Å². The van der Waals surface area contributed by atoms with Crippen LogP contribution in [0.5, 0.6) is 0 Å². The van der Waals surface area contributed by atoms with Gasteiger partial charge < -0.3 is 5.73 Å². The van der Waals surface area contributed by atoms with Crippen LogP contribution in [0.1, 0.15) is 42.3 Å². The molecule has 3 aromatic heterocycles. The highest BCUT2D eigenvalue weighted by molar-refractivity contribution is 5.82. The van der Waals surface area contributed by atoms with E-state index < -0.39 is 12.2 Å². The minimum atomic E-state index is -4.42. The molecular formula is C24H23F3N6.